The molecule has 4 heteroatoms. The molecule has 2 atom stereocenters. The summed E-state index contributed by atoms with van der Waals surface area (Å²) in [6.45, 7) is 4.52. The molecule has 1 aromatic carbocycles. The second-order valence-electron chi connectivity index (χ2n) is 5.71. The van der Waals surface area contributed by atoms with E-state index in [4.69, 9.17) is 0 Å². The van der Waals surface area contributed by atoms with Gasteiger partial charge in [0.15, 0.2) is 0 Å². The molecule has 1 aromatic heterocycles. The maximum Gasteiger partial charge on any atom is 0.147 e. The molecular weight excluding hydrogens is 248 g/mol. The fraction of sp³-hybridized carbons (Fsp3) is 0.375. The van der Waals surface area contributed by atoms with Crippen molar-refractivity contribution in [1.82, 2.24) is 15.3 Å². The zero-order valence-electron chi connectivity index (χ0n) is 11.4. The van der Waals surface area contributed by atoms with Crippen LogP contribution >= 0.6 is 0 Å². The molecule has 102 valence electrons. The van der Waals surface area contributed by atoms with Crippen LogP contribution in [0.5, 0.6) is 0 Å². The molecule has 2 saturated heterocycles. The number of aromatic nitrogens is 2. The summed E-state index contributed by atoms with van der Waals surface area (Å²) in [5.74, 6) is 2.58. The SMILES string of the molecule is c1ccc(-c2cnc(N3CC4CNCC4C3)cn2)cc1. The van der Waals surface area contributed by atoms with Crippen LogP contribution in [0.2, 0.25) is 0 Å². The van der Waals surface area contributed by atoms with Gasteiger partial charge in [-0.15, -0.1) is 0 Å². The van der Waals surface area contributed by atoms with Crippen molar-refractivity contribution in [1.29, 1.82) is 0 Å². The lowest BCUT2D eigenvalue weighted by Crippen LogP contribution is -2.26. The van der Waals surface area contributed by atoms with Gasteiger partial charge in [-0.1, -0.05) is 30.3 Å². The van der Waals surface area contributed by atoms with Crippen LogP contribution in [0.3, 0.4) is 0 Å². The van der Waals surface area contributed by atoms with Gasteiger partial charge in [-0.3, -0.25) is 4.98 Å². The van der Waals surface area contributed by atoms with Crippen LogP contribution in [0.4, 0.5) is 5.82 Å². The first-order chi connectivity index (χ1) is 9.90. The van der Waals surface area contributed by atoms with Crippen LogP contribution in [0.25, 0.3) is 11.3 Å². The van der Waals surface area contributed by atoms with Gasteiger partial charge in [0, 0.05) is 31.7 Å². The van der Waals surface area contributed by atoms with E-state index in [0.29, 0.717) is 0 Å². The van der Waals surface area contributed by atoms with Gasteiger partial charge >= 0.3 is 0 Å². The number of hydrogen-bond donors (Lipinski definition) is 1. The van der Waals surface area contributed by atoms with Crippen LogP contribution in [0.15, 0.2) is 42.7 Å². The molecule has 0 saturated carbocycles. The van der Waals surface area contributed by atoms with E-state index in [0.717, 1.165) is 55.1 Å². The highest BCUT2D eigenvalue weighted by atomic mass is 15.2. The lowest BCUT2D eigenvalue weighted by Gasteiger charge is -2.18. The van der Waals surface area contributed by atoms with Crippen molar-refractivity contribution in [3.63, 3.8) is 0 Å². The molecule has 3 heterocycles. The van der Waals surface area contributed by atoms with Crippen molar-refractivity contribution in [3.8, 4) is 11.3 Å². The van der Waals surface area contributed by atoms with E-state index in [1.54, 1.807) is 0 Å². The van der Waals surface area contributed by atoms with Gasteiger partial charge in [0.1, 0.15) is 5.82 Å². The monoisotopic (exact) mass is 266 g/mol. The Morgan fingerprint density at radius 3 is 2.35 bits per heavy atom. The molecule has 2 aromatic rings. The van der Waals surface area contributed by atoms with Gasteiger partial charge in [-0.05, 0) is 11.8 Å². The highest BCUT2D eigenvalue weighted by Crippen LogP contribution is 2.29. The van der Waals surface area contributed by atoms with E-state index in [1.807, 2.05) is 30.6 Å². The minimum absolute atomic E-state index is 0.783. The van der Waals surface area contributed by atoms with Crippen LogP contribution in [-0.2, 0) is 0 Å². The Labute approximate surface area is 118 Å². The molecular formula is C16H18N4. The third-order valence-electron chi connectivity index (χ3n) is 4.42. The number of benzene rings is 1. The van der Waals surface area contributed by atoms with Gasteiger partial charge in [-0.2, -0.15) is 0 Å². The van der Waals surface area contributed by atoms with E-state index >= 15 is 0 Å². The van der Waals surface area contributed by atoms with Gasteiger partial charge in [0.05, 0.1) is 18.1 Å². The highest BCUT2D eigenvalue weighted by molar-refractivity contribution is 5.58. The third kappa shape index (κ3) is 2.06. The second kappa shape index (κ2) is 4.87. The first-order valence-electron chi connectivity index (χ1n) is 7.23. The topological polar surface area (TPSA) is 41.1 Å². The van der Waals surface area contributed by atoms with E-state index in [2.05, 4.69) is 32.3 Å². The molecule has 0 bridgehead atoms. The number of fused-ring (bicyclic) bond motifs is 1. The molecule has 4 nitrogen and oxygen atoms in total. The minimum Gasteiger partial charge on any atom is -0.355 e. The highest BCUT2D eigenvalue weighted by Gasteiger charge is 2.36. The van der Waals surface area contributed by atoms with Crippen molar-refractivity contribution in [3.05, 3.63) is 42.7 Å². The molecule has 2 aliphatic heterocycles. The standard InChI is InChI=1S/C16H18N4/c1-2-4-12(5-3-1)15-8-19-16(9-18-15)20-10-13-6-17-7-14(13)11-20/h1-5,8-9,13-14,17H,6-7,10-11H2. The van der Waals surface area contributed by atoms with Gasteiger partial charge < -0.3 is 10.2 Å². The largest absolute Gasteiger partial charge is 0.355 e. The molecule has 2 unspecified atom stereocenters. The molecule has 0 radical (unpaired) electrons. The summed E-state index contributed by atoms with van der Waals surface area (Å²) in [5.41, 5.74) is 2.06. The molecule has 0 spiro atoms. The fourth-order valence-electron chi connectivity index (χ4n) is 3.28. The minimum atomic E-state index is 0.783. The Kier molecular flexibility index (Phi) is 2.89. The average Bonchev–Trinajstić information content (AvgIpc) is 3.10. The summed E-state index contributed by atoms with van der Waals surface area (Å²) in [6.07, 6.45) is 3.80. The molecule has 0 aliphatic carbocycles. The predicted molar refractivity (Wildman–Crippen MR) is 79.5 cm³/mol. The van der Waals surface area contributed by atoms with E-state index in [1.165, 1.54) is 0 Å². The third-order valence-corrected chi connectivity index (χ3v) is 4.42. The first-order valence-corrected chi connectivity index (χ1v) is 7.23. The normalized spacial score (nSPS) is 24.9. The molecule has 1 N–H and O–H groups in total. The zero-order valence-corrected chi connectivity index (χ0v) is 11.4. The lowest BCUT2D eigenvalue weighted by molar-refractivity contribution is 0.533. The summed E-state index contributed by atoms with van der Waals surface area (Å²) < 4.78 is 0. The Morgan fingerprint density at radius 1 is 0.950 bits per heavy atom. The smallest absolute Gasteiger partial charge is 0.147 e. The molecule has 0 amide bonds. The van der Waals surface area contributed by atoms with Crippen molar-refractivity contribution < 1.29 is 0 Å². The fourth-order valence-corrected chi connectivity index (χ4v) is 3.28. The number of nitrogens with zero attached hydrogens (tertiary/aromatic N) is 3. The van der Waals surface area contributed by atoms with Gasteiger partial charge in [0.2, 0.25) is 0 Å². The zero-order chi connectivity index (χ0) is 13.4. The Bertz CT molecular complexity index is 569. The van der Waals surface area contributed by atoms with Gasteiger partial charge in [-0.25, -0.2) is 4.98 Å². The van der Waals surface area contributed by atoms with Crippen LogP contribution in [-0.4, -0.2) is 36.1 Å². The molecule has 2 aliphatic rings. The molecule has 20 heavy (non-hydrogen) atoms. The van der Waals surface area contributed by atoms with Crippen LogP contribution in [0.1, 0.15) is 0 Å². The Balaban J connectivity index is 1.53. The summed E-state index contributed by atoms with van der Waals surface area (Å²) >= 11 is 0. The van der Waals surface area contributed by atoms with Crippen molar-refractivity contribution >= 4 is 5.82 Å². The lowest BCUT2D eigenvalue weighted by atomic mass is 10.0. The van der Waals surface area contributed by atoms with Gasteiger partial charge in [0.25, 0.3) is 0 Å². The Morgan fingerprint density at radius 2 is 1.70 bits per heavy atom. The van der Waals surface area contributed by atoms with E-state index < -0.39 is 0 Å². The average molecular weight is 266 g/mol. The van der Waals surface area contributed by atoms with Crippen molar-refractivity contribution in [2.75, 3.05) is 31.1 Å². The van der Waals surface area contributed by atoms with Crippen molar-refractivity contribution in [2.45, 2.75) is 0 Å². The summed E-state index contributed by atoms with van der Waals surface area (Å²) in [7, 11) is 0. The van der Waals surface area contributed by atoms with Crippen LogP contribution in [0, 0.1) is 11.8 Å². The summed E-state index contributed by atoms with van der Waals surface area (Å²) in [5, 5.41) is 3.46. The van der Waals surface area contributed by atoms with E-state index in [9.17, 15) is 0 Å². The summed E-state index contributed by atoms with van der Waals surface area (Å²) in [6, 6.07) is 10.2. The number of rotatable bonds is 2. The Hall–Kier alpha value is -1.94. The van der Waals surface area contributed by atoms with Crippen molar-refractivity contribution in [2.24, 2.45) is 11.8 Å². The quantitative estimate of drug-likeness (QED) is 0.900. The molecule has 2 fully saturated rings. The number of anilines is 1. The molecule has 4 rings (SSSR count). The number of nitrogens with one attached hydrogen (secondary N) is 1. The number of hydrogen-bond acceptors (Lipinski definition) is 4. The maximum absolute atomic E-state index is 4.61. The first kappa shape index (κ1) is 11.9. The maximum atomic E-state index is 4.61. The second-order valence-corrected chi connectivity index (χ2v) is 5.71. The van der Waals surface area contributed by atoms with E-state index in [-0.39, 0.29) is 0 Å². The summed E-state index contributed by atoms with van der Waals surface area (Å²) in [4.78, 5) is 11.5. The van der Waals surface area contributed by atoms with Crippen LogP contribution < -0.4 is 10.2 Å². The predicted octanol–water partition coefficient (Wildman–Crippen LogP) is 1.80.